The number of hydrogen-bond acceptors (Lipinski definition) is 2. The van der Waals surface area contributed by atoms with Gasteiger partial charge in [-0.25, -0.2) is 0 Å². The molecule has 2 nitrogen and oxygen atoms in total. The van der Waals surface area contributed by atoms with Crippen LogP contribution in [0.1, 0.15) is 28.4 Å². The minimum Gasteiger partial charge on any atom is -0.349 e. The lowest BCUT2D eigenvalue weighted by atomic mass is 10.0. The molecule has 1 heterocycles. The summed E-state index contributed by atoms with van der Waals surface area (Å²) in [5, 5.41) is 4.95. The maximum Gasteiger partial charge on any atom is 0.252 e. The first kappa shape index (κ1) is 14.5. The molecule has 2 rings (SSSR count). The Morgan fingerprint density at radius 3 is 2.79 bits per heavy atom. The third-order valence-corrected chi connectivity index (χ3v) is 4.78. The lowest BCUT2D eigenvalue weighted by molar-refractivity contribution is 0.0940. The van der Waals surface area contributed by atoms with Crippen molar-refractivity contribution in [3.8, 4) is 0 Å². The molecule has 1 aromatic carbocycles. The number of benzene rings is 1. The summed E-state index contributed by atoms with van der Waals surface area (Å²) in [6.07, 6.45) is 0.861. The third-order valence-electron chi connectivity index (χ3n) is 2.99. The first-order valence-electron chi connectivity index (χ1n) is 6.15. The van der Waals surface area contributed by atoms with E-state index in [-0.39, 0.29) is 11.9 Å². The molecule has 1 amide bonds. The van der Waals surface area contributed by atoms with E-state index in [0.29, 0.717) is 0 Å². The van der Waals surface area contributed by atoms with Gasteiger partial charge in [0, 0.05) is 11.4 Å². The van der Waals surface area contributed by atoms with Crippen molar-refractivity contribution < 1.29 is 4.79 Å². The number of carbonyl (C=O) groups excluding carboxylic acids is 1. The van der Waals surface area contributed by atoms with Gasteiger partial charge in [-0.3, -0.25) is 4.79 Å². The van der Waals surface area contributed by atoms with Crippen LogP contribution in [-0.4, -0.2) is 11.9 Å². The first-order valence-corrected chi connectivity index (χ1v) is 8.11. The highest BCUT2D eigenvalue weighted by Crippen LogP contribution is 2.17. The van der Waals surface area contributed by atoms with E-state index in [0.717, 1.165) is 14.9 Å². The fraction of sp³-hybridized carbons (Fsp3) is 0.267. The highest BCUT2D eigenvalue weighted by atomic mass is 127. The molecule has 1 N–H and O–H groups in total. The van der Waals surface area contributed by atoms with E-state index in [1.165, 1.54) is 11.1 Å². The standard InChI is InChI=1S/C15H16INOS/c1-10-5-3-4-6-12(10)7-11(2)17-15(18)13-8-14(16)19-9-13/h3-6,8-9,11H,7H2,1-2H3,(H,17,18). The number of carbonyl (C=O) groups is 1. The molecular formula is C15H16INOS. The van der Waals surface area contributed by atoms with Gasteiger partial charge >= 0.3 is 0 Å². The summed E-state index contributed by atoms with van der Waals surface area (Å²) in [5.41, 5.74) is 3.31. The number of thiophene rings is 1. The summed E-state index contributed by atoms with van der Waals surface area (Å²) in [6.45, 7) is 4.15. The zero-order valence-electron chi connectivity index (χ0n) is 10.9. The van der Waals surface area contributed by atoms with E-state index in [1.54, 1.807) is 11.3 Å². The van der Waals surface area contributed by atoms with Gasteiger partial charge < -0.3 is 5.32 Å². The molecule has 4 heteroatoms. The molecule has 1 unspecified atom stereocenters. The molecule has 0 bridgehead atoms. The summed E-state index contributed by atoms with van der Waals surface area (Å²) < 4.78 is 1.13. The number of nitrogens with one attached hydrogen (secondary N) is 1. The number of hydrogen-bond donors (Lipinski definition) is 1. The van der Waals surface area contributed by atoms with E-state index in [9.17, 15) is 4.79 Å². The average molecular weight is 385 g/mol. The molecule has 0 aliphatic heterocycles. The number of rotatable bonds is 4. The number of aryl methyl sites for hydroxylation is 1. The smallest absolute Gasteiger partial charge is 0.252 e. The van der Waals surface area contributed by atoms with E-state index in [2.05, 4.69) is 47.0 Å². The molecule has 100 valence electrons. The molecule has 0 saturated carbocycles. The zero-order valence-corrected chi connectivity index (χ0v) is 13.9. The van der Waals surface area contributed by atoms with E-state index < -0.39 is 0 Å². The van der Waals surface area contributed by atoms with Crippen molar-refractivity contribution in [1.82, 2.24) is 5.32 Å². The molecule has 0 aliphatic rings. The van der Waals surface area contributed by atoms with Crippen LogP contribution in [0, 0.1) is 9.81 Å². The Kier molecular flexibility index (Phi) is 4.99. The minimum atomic E-state index is 0.0141. The molecule has 0 radical (unpaired) electrons. The Bertz CT molecular complexity index is 579. The van der Waals surface area contributed by atoms with Crippen molar-refractivity contribution in [2.75, 3.05) is 0 Å². The van der Waals surface area contributed by atoms with Crippen molar-refractivity contribution in [2.24, 2.45) is 0 Å². The SMILES string of the molecule is Cc1ccccc1CC(C)NC(=O)c1csc(I)c1. The van der Waals surface area contributed by atoms with Gasteiger partial charge in [0.25, 0.3) is 5.91 Å². The fourth-order valence-electron chi connectivity index (χ4n) is 1.96. The van der Waals surface area contributed by atoms with Gasteiger partial charge in [-0.05, 0) is 60.1 Å². The van der Waals surface area contributed by atoms with Gasteiger partial charge in [0.2, 0.25) is 0 Å². The van der Waals surface area contributed by atoms with Crippen LogP contribution >= 0.6 is 33.9 Å². The summed E-state index contributed by atoms with van der Waals surface area (Å²) in [4.78, 5) is 12.0. The predicted octanol–water partition coefficient (Wildman–Crippen LogP) is 4.02. The monoisotopic (exact) mass is 385 g/mol. The van der Waals surface area contributed by atoms with Crippen LogP contribution in [0.4, 0.5) is 0 Å². The molecule has 0 aliphatic carbocycles. The molecular weight excluding hydrogens is 369 g/mol. The summed E-state index contributed by atoms with van der Waals surface area (Å²) in [7, 11) is 0. The molecule has 1 atom stereocenters. The lowest BCUT2D eigenvalue weighted by Gasteiger charge is -2.14. The van der Waals surface area contributed by atoms with Crippen molar-refractivity contribution in [1.29, 1.82) is 0 Å². The topological polar surface area (TPSA) is 29.1 Å². The van der Waals surface area contributed by atoms with Crippen LogP contribution in [-0.2, 0) is 6.42 Å². The van der Waals surface area contributed by atoms with E-state index in [1.807, 2.05) is 30.5 Å². The Hall–Kier alpha value is -0.880. The third kappa shape index (κ3) is 4.04. The quantitative estimate of drug-likeness (QED) is 0.792. The maximum atomic E-state index is 12.0. The molecule has 19 heavy (non-hydrogen) atoms. The van der Waals surface area contributed by atoms with Gasteiger partial charge in [-0.1, -0.05) is 24.3 Å². The number of halogens is 1. The van der Waals surface area contributed by atoms with Gasteiger partial charge in [0.1, 0.15) is 0 Å². The zero-order chi connectivity index (χ0) is 13.8. The van der Waals surface area contributed by atoms with E-state index in [4.69, 9.17) is 0 Å². The summed E-state index contributed by atoms with van der Waals surface area (Å²) in [6, 6.07) is 10.3. The average Bonchev–Trinajstić information content (AvgIpc) is 2.79. The molecule has 0 saturated heterocycles. The van der Waals surface area contributed by atoms with Crippen LogP contribution in [0.3, 0.4) is 0 Å². The summed E-state index contributed by atoms with van der Waals surface area (Å²) >= 11 is 3.82. The predicted molar refractivity (Wildman–Crippen MR) is 88.8 cm³/mol. The Balaban J connectivity index is 1.96. The van der Waals surface area contributed by atoms with Crippen LogP contribution < -0.4 is 5.32 Å². The van der Waals surface area contributed by atoms with Crippen LogP contribution in [0.5, 0.6) is 0 Å². The van der Waals surface area contributed by atoms with Gasteiger partial charge in [-0.2, -0.15) is 0 Å². The molecule has 0 spiro atoms. The van der Waals surface area contributed by atoms with Crippen LogP contribution in [0.2, 0.25) is 0 Å². The fourth-order valence-corrected chi connectivity index (χ4v) is 3.28. The highest BCUT2D eigenvalue weighted by molar-refractivity contribution is 14.1. The van der Waals surface area contributed by atoms with Crippen molar-refractivity contribution in [3.05, 3.63) is 55.3 Å². The van der Waals surface area contributed by atoms with Gasteiger partial charge in [0.05, 0.1) is 8.45 Å². The van der Waals surface area contributed by atoms with Crippen molar-refractivity contribution >= 4 is 39.8 Å². The Morgan fingerprint density at radius 1 is 1.42 bits per heavy atom. The highest BCUT2D eigenvalue weighted by Gasteiger charge is 2.12. The first-order chi connectivity index (χ1) is 9.06. The Labute approximate surface area is 131 Å². The second-order valence-electron chi connectivity index (χ2n) is 4.64. The molecule has 1 aromatic heterocycles. The summed E-state index contributed by atoms with van der Waals surface area (Å²) in [5.74, 6) is 0.0141. The van der Waals surface area contributed by atoms with Crippen molar-refractivity contribution in [2.45, 2.75) is 26.3 Å². The largest absolute Gasteiger partial charge is 0.349 e. The lowest BCUT2D eigenvalue weighted by Crippen LogP contribution is -2.34. The minimum absolute atomic E-state index is 0.0141. The van der Waals surface area contributed by atoms with Crippen LogP contribution in [0.15, 0.2) is 35.7 Å². The van der Waals surface area contributed by atoms with E-state index >= 15 is 0 Å². The molecule has 0 fully saturated rings. The second kappa shape index (κ2) is 6.52. The Morgan fingerprint density at radius 2 is 2.16 bits per heavy atom. The normalized spacial score (nSPS) is 12.2. The molecule has 2 aromatic rings. The van der Waals surface area contributed by atoms with Gasteiger partial charge in [-0.15, -0.1) is 11.3 Å². The number of amides is 1. The second-order valence-corrected chi connectivity index (χ2v) is 7.45. The van der Waals surface area contributed by atoms with Gasteiger partial charge in [0.15, 0.2) is 0 Å². The maximum absolute atomic E-state index is 12.0. The van der Waals surface area contributed by atoms with Crippen LogP contribution in [0.25, 0.3) is 0 Å². The van der Waals surface area contributed by atoms with Crippen molar-refractivity contribution in [3.63, 3.8) is 0 Å².